The van der Waals surface area contributed by atoms with E-state index in [1.54, 1.807) is 0 Å². The first kappa shape index (κ1) is 30.5. The third-order valence-corrected chi connectivity index (χ3v) is 5.99. The van der Waals surface area contributed by atoms with Crippen LogP contribution in [0, 0.1) is 26.0 Å². The Kier molecular flexibility index (Phi) is 11.8. The predicted octanol–water partition coefficient (Wildman–Crippen LogP) is 9.98. The second-order valence-corrected chi connectivity index (χ2v) is 8.56. The summed E-state index contributed by atoms with van der Waals surface area (Å²) < 4.78 is 0. The summed E-state index contributed by atoms with van der Waals surface area (Å²) in [4.78, 5) is 0. The Morgan fingerprint density at radius 1 is 0.405 bits per heavy atom. The van der Waals surface area contributed by atoms with E-state index in [9.17, 15) is 0 Å². The van der Waals surface area contributed by atoms with E-state index in [1.165, 1.54) is 55.6 Å². The van der Waals surface area contributed by atoms with Crippen molar-refractivity contribution >= 4 is 24.8 Å². The third kappa shape index (κ3) is 7.20. The van der Waals surface area contributed by atoms with E-state index < -0.39 is 0 Å². The average Bonchev–Trinajstić information content (AvgIpc) is 3.27. The molecule has 0 aliphatic heterocycles. The molecule has 0 fully saturated rings. The summed E-state index contributed by atoms with van der Waals surface area (Å²) in [7, 11) is 0. The molecule has 2 aromatic carbocycles. The van der Waals surface area contributed by atoms with Gasteiger partial charge in [0.25, 0.3) is 0 Å². The smallest absolute Gasteiger partial charge is 0.165 e. The number of fused-ring (bicyclic) bond motifs is 2. The summed E-state index contributed by atoms with van der Waals surface area (Å²) in [5.74, 6) is 0. The molecule has 3 heteroatoms. The number of halogens is 2. The zero-order valence-corrected chi connectivity index (χ0v) is 25.0. The van der Waals surface area contributed by atoms with E-state index in [0.717, 1.165) is 0 Å². The van der Waals surface area contributed by atoms with Crippen LogP contribution in [0.25, 0.3) is 44.5 Å². The quantitative estimate of drug-likeness (QED) is 0.174. The monoisotopic (exact) mass is 596 g/mol. The van der Waals surface area contributed by atoms with Gasteiger partial charge < -0.3 is 0 Å². The Labute approximate surface area is 252 Å². The zero-order valence-electron chi connectivity index (χ0n) is 20.9. The fraction of sp³-hybridized carbons (Fsp3) is 0.0588. The van der Waals surface area contributed by atoms with Crippen LogP contribution in [0.2, 0.25) is 0 Å². The van der Waals surface area contributed by atoms with E-state index in [2.05, 4.69) is 135 Å². The fourth-order valence-corrected chi connectivity index (χ4v) is 4.45. The normalized spacial score (nSPS) is 9.78. The third-order valence-electron chi connectivity index (χ3n) is 5.99. The number of hydrogen-bond donors (Lipinski definition) is 0. The van der Waals surface area contributed by atoms with Crippen LogP contribution in [-0.4, -0.2) is 0 Å². The SMILES string of the molecule is Cc1[c-]c2ccccc(-c3ccccc3)c-2c1.Cc1[c-]c2ccccc(-c3ccccc3)c-2c1.Cl.Cl.[Zr+2]. The van der Waals surface area contributed by atoms with Gasteiger partial charge >= 0.3 is 26.2 Å². The summed E-state index contributed by atoms with van der Waals surface area (Å²) in [6.45, 7) is 4.18. The minimum atomic E-state index is 0. The first-order valence-electron chi connectivity index (χ1n) is 11.6. The van der Waals surface area contributed by atoms with Gasteiger partial charge in [0.15, 0.2) is 0 Å². The maximum absolute atomic E-state index is 3.39. The second-order valence-electron chi connectivity index (χ2n) is 8.56. The minimum Gasteiger partial charge on any atom is -0.165 e. The van der Waals surface area contributed by atoms with Crippen molar-refractivity contribution in [2.45, 2.75) is 13.8 Å². The summed E-state index contributed by atoms with van der Waals surface area (Å²) >= 11 is 0. The van der Waals surface area contributed by atoms with Crippen molar-refractivity contribution < 1.29 is 26.2 Å². The summed E-state index contributed by atoms with van der Waals surface area (Å²) in [5, 5.41) is 0. The number of rotatable bonds is 2. The van der Waals surface area contributed by atoms with E-state index in [-0.39, 0.29) is 51.0 Å². The zero-order chi connectivity index (χ0) is 23.3. The molecule has 0 unspecified atom stereocenters. The fourth-order valence-electron chi connectivity index (χ4n) is 4.45. The minimum absolute atomic E-state index is 0. The molecule has 0 aromatic heterocycles. The van der Waals surface area contributed by atoms with Crippen molar-refractivity contribution in [3.63, 3.8) is 0 Å². The summed E-state index contributed by atoms with van der Waals surface area (Å²) in [6.07, 6.45) is 0. The molecule has 37 heavy (non-hydrogen) atoms. The second kappa shape index (κ2) is 14.3. The van der Waals surface area contributed by atoms with Crippen LogP contribution in [-0.2, 0) is 26.2 Å². The molecule has 0 atom stereocenters. The molecule has 0 amide bonds. The van der Waals surface area contributed by atoms with Gasteiger partial charge in [-0.25, -0.2) is 0 Å². The van der Waals surface area contributed by atoms with E-state index in [1.807, 2.05) is 12.1 Å². The van der Waals surface area contributed by atoms with Gasteiger partial charge in [0.2, 0.25) is 0 Å². The average molecular weight is 599 g/mol. The molecule has 0 heterocycles. The molecule has 4 aliphatic carbocycles. The number of aryl methyl sites for hydroxylation is 2. The Morgan fingerprint density at radius 2 is 0.730 bits per heavy atom. The maximum Gasteiger partial charge on any atom is 2.00 e. The molecular weight excluding hydrogens is 571 g/mol. The first-order valence-corrected chi connectivity index (χ1v) is 11.6. The topological polar surface area (TPSA) is 0 Å². The van der Waals surface area contributed by atoms with E-state index in [0.29, 0.717) is 0 Å². The van der Waals surface area contributed by atoms with Gasteiger partial charge in [-0.2, -0.15) is 23.3 Å². The van der Waals surface area contributed by atoms with Gasteiger partial charge in [-0.3, -0.25) is 0 Å². The Hall–Kier alpha value is -2.70. The van der Waals surface area contributed by atoms with E-state index >= 15 is 0 Å². The molecule has 4 aliphatic rings. The molecule has 0 saturated heterocycles. The number of benzene rings is 2. The van der Waals surface area contributed by atoms with Crippen LogP contribution in [0.3, 0.4) is 0 Å². The largest absolute Gasteiger partial charge is 2.00 e. The molecule has 0 bridgehead atoms. The molecule has 2 aromatic rings. The summed E-state index contributed by atoms with van der Waals surface area (Å²) in [6, 6.07) is 49.1. The van der Waals surface area contributed by atoms with Gasteiger partial charge in [0.05, 0.1) is 0 Å². The van der Waals surface area contributed by atoms with Crippen LogP contribution in [0.15, 0.2) is 121 Å². The molecule has 0 spiro atoms. The van der Waals surface area contributed by atoms with E-state index in [4.69, 9.17) is 0 Å². The maximum atomic E-state index is 3.39. The van der Waals surface area contributed by atoms with Crippen molar-refractivity contribution in [1.29, 1.82) is 0 Å². The Balaban J connectivity index is 0.000000241. The molecule has 182 valence electrons. The molecular formula is C34H28Cl2Zr. The van der Waals surface area contributed by atoms with Gasteiger partial charge in [0.1, 0.15) is 0 Å². The van der Waals surface area contributed by atoms with Crippen molar-refractivity contribution in [2.75, 3.05) is 0 Å². The van der Waals surface area contributed by atoms with Crippen molar-refractivity contribution in [3.8, 4) is 44.5 Å². The van der Waals surface area contributed by atoms with Crippen LogP contribution < -0.4 is 0 Å². The van der Waals surface area contributed by atoms with Crippen LogP contribution in [0.4, 0.5) is 0 Å². The van der Waals surface area contributed by atoms with Crippen molar-refractivity contribution in [2.24, 2.45) is 0 Å². The van der Waals surface area contributed by atoms with Crippen LogP contribution in [0.5, 0.6) is 0 Å². The van der Waals surface area contributed by atoms with Gasteiger partial charge in [-0.1, -0.05) is 110 Å². The molecule has 0 nitrogen and oxygen atoms in total. The standard InChI is InChI=1S/2C17H13.2ClH.Zr/c2*1-13-11-15-9-5-6-10-16(17(15)12-13)14-7-3-2-4-8-14;;;/h2*2-10,12H,1H3;2*1H;/q2*-1;;;+2. The Morgan fingerprint density at radius 3 is 1.11 bits per heavy atom. The molecule has 0 radical (unpaired) electrons. The predicted molar refractivity (Wildman–Crippen MR) is 159 cm³/mol. The van der Waals surface area contributed by atoms with Crippen molar-refractivity contribution in [3.05, 3.63) is 145 Å². The molecule has 0 saturated carbocycles. The number of hydrogen-bond acceptors (Lipinski definition) is 0. The van der Waals surface area contributed by atoms with Crippen LogP contribution >= 0.6 is 24.8 Å². The van der Waals surface area contributed by atoms with Gasteiger partial charge in [-0.15, -0.1) is 83.5 Å². The summed E-state index contributed by atoms with van der Waals surface area (Å²) in [5.41, 5.74) is 12.4. The Bertz CT molecular complexity index is 1350. The van der Waals surface area contributed by atoms with Gasteiger partial charge in [0, 0.05) is 0 Å². The van der Waals surface area contributed by atoms with Gasteiger partial charge in [-0.05, 0) is 11.1 Å². The first-order chi connectivity index (χ1) is 16.7. The van der Waals surface area contributed by atoms with Crippen molar-refractivity contribution in [1.82, 2.24) is 0 Å². The van der Waals surface area contributed by atoms with Crippen LogP contribution in [0.1, 0.15) is 11.1 Å². The molecule has 0 N–H and O–H groups in total. The molecule has 6 rings (SSSR count).